The molecule has 0 aliphatic heterocycles. The maximum absolute atomic E-state index is 13.2. The van der Waals surface area contributed by atoms with Crippen LogP contribution in [0.5, 0.6) is 0 Å². The highest BCUT2D eigenvalue weighted by molar-refractivity contribution is 6.03. The minimum absolute atomic E-state index is 0.0875. The molecule has 8 nitrogen and oxygen atoms in total. The van der Waals surface area contributed by atoms with Gasteiger partial charge in [-0.1, -0.05) is 11.8 Å². The molecule has 8 heteroatoms. The van der Waals surface area contributed by atoms with Crippen molar-refractivity contribution < 1.29 is 4.79 Å². The third-order valence-corrected chi connectivity index (χ3v) is 8.87. The van der Waals surface area contributed by atoms with Crippen molar-refractivity contribution >= 4 is 34.1 Å². The van der Waals surface area contributed by atoms with E-state index in [0.717, 1.165) is 52.6 Å². The Morgan fingerprint density at radius 3 is 2.92 bits per heavy atom. The van der Waals surface area contributed by atoms with Crippen LogP contribution in [0.15, 0.2) is 47.5 Å². The number of carbonyl (C=O) groups excluding carboxylic acids is 1. The Hall–Kier alpha value is -4.25. The highest BCUT2D eigenvalue weighted by Gasteiger charge is 2.50. The van der Waals surface area contributed by atoms with Crippen LogP contribution < -0.4 is 10.9 Å². The minimum Gasteiger partial charge on any atom is -0.341 e. The quantitative estimate of drug-likeness (QED) is 0.272. The molecule has 1 aromatic carbocycles. The molecule has 1 amide bonds. The van der Waals surface area contributed by atoms with Crippen molar-refractivity contribution in [1.82, 2.24) is 24.4 Å². The Balaban J connectivity index is 1.17. The summed E-state index contributed by atoms with van der Waals surface area (Å²) in [5, 5.41) is 11.8. The van der Waals surface area contributed by atoms with Crippen LogP contribution in [0.1, 0.15) is 67.3 Å². The minimum atomic E-state index is -0.427. The molecule has 3 atom stereocenters. The summed E-state index contributed by atoms with van der Waals surface area (Å²) in [6.45, 7) is 6.95. The number of hydrogen-bond donors (Lipinski definition) is 2. The van der Waals surface area contributed by atoms with E-state index >= 15 is 0 Å². The van der Waals surface area contributed by atoms with Gasteiger partial charge in [0.25, 0.3) is 11.5 Å². The van der Waals surface area contributed by atoms with Crippen LogP contribution in [0.2, 0.25) is 0 Å². The summed E-state index contributed by atoms with van der Waals surface area (Å²) < 4.78 is 3.86. The van der Waals surface area contributed by atoms with Crippen molar-refractivity contribution in [2.75, 3.05) is 6.54 Å². The van der Waals surface area contributed by atoms with E-state index in [2.05, 4.69) is 45.5 Å². The van der Waals surface area contributed by atoms with Crippen molar-refractivity contribution in [1.29, 1.82) is 5.41 Å². The summed E-state index contributed by atoms with van der Waals surface area (Å²) in [4.78, 5) is 35.3. The molecule has 204 valence electrons. The van der Waals surface area contributed by atoms with Crippen LogP contribution in [-0.4, -0.2) is 37.8 Å². The van der Waals surface area contributed by atoms with E-state index in [1.54, 1.807) is 29.1 Å². The number of amides is 1. The van der Waals surface area contributed by atoms with E-state index in [1.807, 2.05) is 31.3 Å². The SMILES string of the molecule is Cc1nc2cnc3ccc(C#CCNC(=O)c4cccn(CC5CC6CCC5(C=N)C6)c4=O)cc3c2n1C(C)C. The molecule has 2 saturated carbocycles. The van der Waals surface area contributed by atoms with Gasteiger partial charge in [0.1, 0.15) is 16.9 Å². The zero-order chi connectivity index (χ0) is 28.0. The summed E-state index contributed by atoms with van der Waals surface area (Å²) >= 11 is 0. The highest BCUT2D eigenvalue weighted by atomic mass is 16.2. The number of hydrogen-bond acceptors (Lipinski definition) is 5. The summed E-state index contributed by atoms with van der Waals surface area (Å²) in [6.07, 6.45) is 9.47. The largest absolute Gasteiger partial charge is 0.341 e. The van der Waals surface area contributed by atoms with Gasteiger partial charge < -0.3 is 19.9 Å². The number of nitrogens with zero attached hydrogens (tertiary/aromatic N) is 4. The Kier molecular flexibility index (Phi) is 6.53. The molecule has 2 bridgehead atoms. The second kappa shape index (κ2) is 10.1. The monoisotopic (exact) mass is 534 g/mol. The van der Waals surface area contributed by atoms with Crippen LogP contribution in [0.4, 0.5) is 0 Å². The first kappa shape index (κ1) is 26.0. The third-order valence-electron chi connectivity index (χ3n) is 8.87. The molecule has 2 fully saturated rings. The van der Waals surface area contributed by atoms with Crippen molar-refractivity contribution in [3.8, 4) is 11.8 Å². The summed E-state index contributed by atoms with van der Waals surface area (Å²) in [5.74, 6) is 7.60. The van der Waals surface area contributed by atoms with Crippen LogP contribution in [0.3, 0.4) is 0 Å². The number of imidazole rings is 1. The average molecular weight is 535 g/mol. The molecular weight excluding hydrogens is 500 g/mol. The Bertz CT molecular complexity index is 1770. The lowest BCUT2D eigenvalue weighted by Crippen LogP contribution is -2.37. The van der Waals surface area contributed by atoms with Crippen molar-refractivity contribution in [3.05, 3.63) is 70.0 Å². The van der Waals surface area contributed by atoms with E-state index in [4.69, 9.17) is 5.41 Å². The first-order chi connectivity index (χ1) is 19.3. The summed E-state index contributed by atoms with van der Waals surface area (Å²) in [5.41, 5.74) is 3.34. The Labute approximate surface area is 233 Å². The molecule has 2 aliphatic rings. The molecule has 2 N–H and O–H groups in total. The topological polar surface area (TPSA) is 106 Å². The Morgan fingerprint density at radius 1 is 1.30 bits per heavy atom. The van der Waals surface area contributed by atoms with Gasteiger partial charge in [-0.2, -0.15) is 0 Å². The molecular formula is C32H34N6O2. The molecule has 3 heterocycles. The normalized spacial score (nSPS) is 21.6. The smallest absolute Gasteiger partial charge is 0.263 e. The number of rotatable bonds is 6. The van der Waals surface area contributed by atoms with Gasteiger partial charge in [-0.15, -0.1) is 0 Å². The second-order valence-electron chi connectivity index (χ2n) is 11.6. The lowest BCUT2D eigenvalue weighted by atomic mass is 9.76. The third kappa shape index (κ3) is 4.40. The van der Waals surface area contributed by atoms with E-state index in [9.17, 15) is 9.59 Å². The predicted molar refractivity (Wildman–Crippen MR) is 157 cm³/mol. The average Bonchev–Trinajstić information content (AvgIpc) is 3.62. The van der Waals surface area contributed by atoms with Gasteiger partial charge >= 0.3 is 0 Å². The number of benzene rings is 1. The van der Waals surface area contributed by atoms with E-state index in [0.29, 0.717) is 12.5 Å². The fourth-order valence-corrected chi connectivity index (χ4v) is 6.99. The first-order valence-corrected chi connectivity index (χ1v) is 14.0. The number of fused-ring (bicyclic) bond motifs is 5. The summed E-state index contributed by atoms with van der Waals surface area (Å²) in [6, 6.07) is 9.47. The molecule has 0 radical (unpaired) electrons. The van der Waals surface area contributed by atoms with Crippen LogP contribution in [-0.2, 0) is 6.54 Å². The first-order valence-electron chi connectivity index (χ1n) is 14.0. The predicted octanol–water partition coefficient (Wildman–Crippen LogP) is 4.87. The fraction of sp³-hybridized carbons (Fsp3) is 0.406. The summed E-state index contributed by atoms with van der Waals surface area (Å²) in [7, 11) is 0. The zero-order valence-electron chi connectivity index (χ0n) is 23.2. The number of aromatic nitrogens is 4. The van der Waals surface area contributed by atoms with Crippen LogP contribution >= 0.6 is 0 Å². The maximum atomic E-state index is 13.2. The maximum Gasteiger partial charge on any atom is 0.263 e. The molecule has 6 rings (SSSR count). The van der Waals surface area contributed by atoms with E-state index < -0.39 is 5.91 Å². The lowest BCUT2D eigenvalue weighted by molar-refractivity contribution is 0.0956. The Morgan fingerprint density at radius 2 is 2.15 bits per heavy atom. The zero-order valence-corrected chi connectivity index (χ0v) is 23.2. The standard InChI is InChI=1S/C32H34N6O2/c1-20(2)38-21(3)36-28-17-35-27-9-8-22(15-26(27)29(28)38)6-4-12-34-30(39)25-7-5-13-37(31(25)40)18-24-14-23-10-11-32(24,16-23)19-33/h5,7-9,13,15,17,19-20,23-24,33H,10-12,14,16,18H2,1-3H3,(H,34,39). The molecule has 2 aliphatic carbocycles. The molecule has 40 heavy (non-hydrogen) atoms. The highest BCUT2D eigenvalue weighted by Crippen LogP contribution is 2.56. The van der Waals surface area contributed by atoms with Crippen molar-refractivity contribution in [3.63, 3.8) is 0 Å². The fourth-order valence-electron chi connectivity index (χ4n) is 6.99. The van der Waals surface area contributed by atoms with Gasteiger partial charge in [-0.3, -0.25) is 14.6 Å². The van der Waals surface area contributed by atoms with E-state index in [-0.39, 0.29) is 35.0 Å². The lowest BCUT2D eigenvalue weighted by Gasteiger charge is -2.31. The van der Waals surface area contributed by atoms with Crippen LogP contribution in [0, 0.1) is 41.4 Å². The van der Waals surface area contributed by atoms with Crippen LogP contribution in [0.25, 0.3) is 21.9 Å². The molecule has 4 aromatic rings. The number of pyridine rings is 2. The molecule has 3 unspecified atom stereocenters. The number of carbonyl (C=O) groups is 1. The van der Waals surface area contributed by atoms with Gasteiger partial charge in [-0.25, -0.2) is 4.98 Å². The van der Waals surface area contributed by atoms with E-state index in [1.165, 1.54) is 6.42 Å². The van der Waals surface area contributed by atoms with Gasteiger partial charge in [0, 0.05) is 41.4 Å². The van der Waals surface area contributed by atoms with Crippen molar-refractivity contribution in [2.45, 2.75) is 59.0 Å². The molecule has 3 aromatic heterocycles. The molecule has 0 saturated heterocycles. The van der Waals surface area contributed by atoms with Gasteiger partial charge in [0.05, 0.1) is 23.8 Å². The second-order valence-corrected chi connectivity index (χ2v) is 11.6. The van der Waals surface area contributed by atoms with Gasteiger partial charge in [0.15, 0.2) is 0 Å². The number of nitrogens with one attached hydrogen (secondary N) is 2. The number of aryl methyl sites for hydroxylation is 1. The van der Waals surface area contributed by atoms with Gasteiger partial charge in [0.2, 0.25) is 0 Å². The van der Waals surface area contributed by atoms with Crippen molar-refractivity contribution in [2.24, 2.45) is 17.3 Å². The van der Waals surface area contributed by atoms with Gasteiger partial charge in [-0.05, 0) is 88.6 Å². The molecule has 0 spiro atoms.